The maximum absolute atomic E-state index is 11.8. The van der Waals surface area contributed by atoms with E-state index in [9.17, 15) is 9.59 Å². The molecular formula is C10H16N2O3. The smallest absolute Gasteiger partial charge is 0.258 e. The fourth-order valence-corrected chi connectivity index (χ4v) is 2.02. The van der Waals surface area contributed by atoms with Gasteiger partial charge in [0.25, 0.3) is 11.8 Å². The number of amides is 2. The SMILES string of the molecule is CC(C)(N)CN1C(=O)C2CCC(O2)C1=O. The summed E-state index contributed by atoms with van der Waals surface area (Å²) in [7, 11) is 0. The standard InChI is InChI=1S/C10H16N2O3/c1-10(2,11)5-12-8(13)6-3-4-7(15-6)9(12)14/h6-7H,3-5,11H2,1-2H3. The Bertz CT molecular complexity index is 286. The van der Waals surface area contributed by atoms with Gasteiger partial charge in [-0.25, -0.2) is 0 Å². The van der Waals surface area contributed by atoms with Crippen LogP contribution in [0.1, 0.15) is 26.7 Å². The van der Waals surface area contributed by atoms with E-state index in [-0.39, 0.29) is 18.4 Å². The molecule has 2 rings (SSSR count). The molecule has 15 heavy (non-hydrogen) atoms. The number of hydrogen-bond acceptors (Lipinski definition) is 4. The van der Waals surface area contributed by atoms with E-state index >= 15 is 0 Å². The van der Waals surface area contributed by atoms with Crippen LogP contribution in [-0.4, -0.2) is 41.0 Å². The molecule has 0 radical (unpaired) electrons. The molecule has 2 fully saturated rings. The van der Waals surface area contributed by atoms with E-state index in [2.05, 4.69) is 0 Å². The van der Waals surface area contributed by atoms with Crippen molar-refractivity contribution in [2.24, 2.45) is 5.73 Å². The summed E-state index contributed by atoms with van der Waals surface area (Å²) in [5.41, 5.74) is 5.26. The van der Waals surface area contributed by atoms with Gasteiger partial charge < -0.3 is 10.5 Å². The fourth-order valence-electron chi connectivity index (χ4n) is 2.02. The van der Waals surface area contributed by atoms with Crippen LogP contribution in [0.15, 0.2) is 0 Å². The van der Waals surface area contributed by atoms with Gasteiger partial charge in [-0.05, 0) is 26.7 Å². The number of rotatable bonds is 2. The fraction of sp³-hybridized carbons (Fsp3) is 0.800. The summed E-state index contributed by atoms with van der Waals surface area (Å²) >= 11 is 0. The summed E-state index contributed by atoms with van der Waals surface area (Å²) < 4.78 is 5.28. The maximum Gasteiger partial charge on any atom is 0.258 e. The van der Waals surface area contributed by atoms with E-state index in [4.69, 9.17) is 10.5 Å². The van der Waals surface area contributed by atoms with Crippen molar-refractivity contribution in [3.63, 3.8) is 0 Å². The van der Waals surface area contributed by atoms with Gasteiger partial charge in [0.2, 0.25) is 0 Å². The summed E-state index contributed by atoms with van der Waals surface area (Å²) in [4.78, 5) is 24.8. The molecule has 2 aliphatic rings. The number of likely N-dealkylation sites (tertiary alicyclic amines) is 1. The van der Waals surface area contributed by atoms with E-state index < -0.39 is 17.7 Å². The van der Waals surface area contributed by atoms with Crippen LogP contribution in [0, 0.1) is 0 Å². The zero-order valence-corrected chi connectivity index (χ0v) is 9.03. The second kappa shape index (κ2) is 3.28. The minimum absolute atomic E-state index is 0.229. The van der Waals surface area contributed by atoms with Crippen molar-refractivity contribution in [1.82, 2.24) is 4.90 Å². The number of nitrogens with zero attached hydrogens (tertiary/aromatic N) is 1. The van der Waals surface area contributed by atoms with Crippen molar-refractivity contribution in [3.8, 4) is 0 Å². The van der Waals surface area contributed by atoms with Crippen LogP contribution >= 0.6 is 0 Å². The number of ether oxygens (including phenoxy) is 1. The predicted molar refractivity (Wildman–Crippen MR) is 52.9 cm³/mol. The van der Waals surface area contributed by atoms with Crippen molar-refractivity contribution in [2.45, 2.75) is 44.4 Å². The third-order valence-corrected chi connectivity index (χ3v) is 2.67. The van der Waals surface area contributed by atoms with Crippen molar-refractivity contribution in [3.05, 3.63) is 0 Å². The molecule has 5 heteroatoms. The van der Waals surface area contributed by atoms with Crippen LogP contribution in [0.25, 0.3) is 0 Å². The van der Waals surface area contributed by atoms with Gasteiger partial charge in [-0.1, -0.05) is 0 Å². The van der Waals surface area contributed by atoms with Crippen LogP contribution in [0.2, 0.25) is 0 Å². The Hall–Kier alpha value is -0.940. The summed E-state index contributed by atoms with van der Waals surface area (Å²) in [6, 6.07) is 0. The van der Waals surface area contributed by atoms with Gasteiger partial charge in [-0.3, -0.25) is 14.5 Å². The molecule has 0 aliphatic carbocycles. The van der Waals surface area contributed by atoms with E-state index in [0.717, 1.165) is 0 Å². The van der Waals surface area contributed by atoms with Crippen molar-refractivity contribution < 1.29 is 14.3 Å². The number of imide groups is 1. The molecule has 2 saturated heterocycles. The second-order valence-electron chi connectivity index (χ2n) is 4.94. The number of fused-ring (bicyclic) bond motifs is 2. The molecule has 2 amide bonds. The van der Waals surface area contributed by atoms with Gasteiger partial charge in [0.1, 0.15) is 12.2 Å². The summed E-state index contributed by atoms with van der Waals surface area (Å²) in [6.45, 7) is 3.86. The molecule has 0 spiro atoms. The monoisotopic (exact) mass is 212 g/mol. The number of morpholine rings is 1. The zero-order chi connectivity index (χ0) is 11.2. The van der Waals surface area contributed by atoms with Gasteiger partial charge in [0.15, 0.2) is 0 Å². The van der Waals surface area contributed by atoms with E-state index in [1.165, 1.54) is 4.90 Å². The van der Waals surface area contributed by atoms with Crippen LogP contribution in [0.4, 0.5) is 0 Å². The molecular weight excluding hydrogens is 196 g/mol. The average molecular weight is 212 g/mol. The molecule has 5 nitrogen and oxygen atoms in total. The van der Waals surface area contributed by atoms with Crippen LogP contribution in [0.5, 0.6) is 0 Å². The first-order chi connectivity index (χ1) is 6.88. The molecule has 2 unspecified atom stereocenters. The predicted octanol–water partition coefficient (Wildman–Crippen LogP) is -0.360. The van der Waals surface area contributed by atoms with Crippen LogP contribution < -0.4 is 5.73 Å². The van der Waals surface area contributed by atoms with Crippen molar-refractivity contribution >= 4 is 11.8 Å². The highest BCUT2D eigenvalue weighted by Crippen LogP contribution is 2.28. The molecule has 0 aromatic rings. The van der Waals surface area contributed by atoms with E-state index in [1.807, 2.05) is 0 Å². The van der Waals surface area contributed by atoms with Crippen molar-refractivity contribution in [1.29, 1.82) is 0 Å². The maximum atomic E-state index is 11.8. The summed E-state index contributed by atoms with van der Waals surface area (Å²) in [5, 5.41) is 0. The molecule has 2 heterocycles. The van der Waals surface area contributed by atoms with E-state index in [1.54, 1.807) is 13.8 Å². The highest BCUT2D eigenvalue weighted by atomic mass is 16.5. The molecule has 2 N–H and O–H groups in total. The number of nitrogens with two attached hydrogens (primary N) is 1. The quantitative estimate of drug-likeness (QED) is 0.634. The molecule has 0 saturated carbocycles. The van der Waals surface area contributed by atoms with Crippen LogP contribution in [-0.2, 0) is 14.3 Å². The first-order valence-electron chi connectivity index (χ1n) is 5.18. The molecule has 0 aromatic carbocycles. The third kappa shape index (κ3) is 1.89. The lowest BCUT2D eigenvalue weighted by molar-refractivity contribution is -0.169. The normalized spacial score (nSPS) is 31.3. The first kappa shape index (κ1) is 10.6. The Kier molecular flexibility index (Phi) is 2.31. The minimum atomic E-state index is -0.553. The largest absolute Gasteiger partial charge is 0.355 e. The summed E-state index contributed by atoms with van der Waals surface area (Å²) in [5.74, 6) is -0.459. The number of carbonyl (C=O) groups is 2. The Balaban J connectivity index is 2.17. The van der Waals surface area contributed by atoms with Gasteiger partial charge in [-0.2, -0.15) is 0 Å². The highest BCUT2D eigenvalue weighted by molar-refractivity contribution is 6.02. The minimum Gasteiger partial charge on any atom is -0.355 e. The number of hydrogen-bond donors (Lipinski definition) is 1. The highest BCUT2D eigenvalue weighted by Gasteiger charge is 2.47. The Morgan fingerprint density at radius 3 is 2.20 bits per heavy atom. The topological polar surface area (TPSA) is 72.6 Å². The second-order valence-corrected chi connectivity index (χ2v) is 4.94. The third-order valence-electron chi connectivity index (χ3n) is 2.67. The zero-order valence-electron chi connectivity index (χ0n) is 9.03. The average Bonchev–Trinajstić information content (AvgIpc) is 2.54. The van der Waals surface area contributed by atoms with Gasteiger partial charge in [0.05, 0.1) is 0 Å². The Morgan fingerprint density at radius 1 is 1.33 bits per heavy atom. The Morgan fingerprint density at radius 2 is 1.80 bits per heavy atom. The Labute approximate surface area is 88.5 Å². The lowest BCUT2D eigenvalue weighted by Gasteiger charge is -2.34. The van der Waals surface area contributed by atoms with Crippen molar-refractivity contribution in [2.75, 3.05) is 6.54 Å². The molecule has 2 aliphatic heterocycles. The lowest BCUT2D eigenvalue weighted by Crippen LogP contribution is -2.57. The lowest BCUT2D eigenvalue weighted by atomic mass is 10.1. The summed E-state index contributed by atoms with van der Waals surface area (Å²) in [6.07, 6.45) is 0.457. The number of carbonyl (C=O) groups excluding carboxylic acids is 2. The van der Waals surface area contributed by atoms with Gasteiger partial charge in [0, 0.05) is 12.1 Å². The molecule has 2 bridgehead atoms. The van der Waals surface area contributed by atoms with Crippen LogP contribution in [0.3, 0.4) is 0 Å². The van der Waals surface area contributed by atoms with Gasteiger partial charge in [-0.15, -0.1) is 0 Å². The molecule has 2 atom stereocenters. The first-order valence-corrected chi connectivity index (χ1v) is 5.18. The van der Waals surface area contributed by atoms with E-state index in [0.29, 0.717) is 12.8 Å². The molecule has 84 valence electrons. The van der Waals surface area contributed by atoms with Gasteiger partial charge >= 0.3 is 0 Å². The molecule has 0 aromatic heterocycles.